The Kier molecular flexibility index (Phi) is 6.75. The Morgan fingerprint density at radius 2 is 1.79 bits per heavy atom. The number of nitrogens with one attached hydrogen (secondary N) is 3. The second kappa shape index (κ2) is 10.2. The summed E-state index contributed by atoms with van der Waals surface area (Å²) in [4.78, 5) is 46.9. The van der Waals surface area contributed by atoms with Gasteiger partial charge in [0.2, 0.25) is 5.91 Å². The SMILES string of the molecule is C.CC(=O)c1ccc(-c2cncc3[nH]c(-c4[nH]nc5ncc(-c6cncc(NC(=O)C(C)C)c6)cc45)nc23)s1. The van der Waals surface area contributed by atoms with Gasteiger partial charge in [-0.1, -0.05) is 21.3 Å². The number of rotatable bonds is 6. The molecule has 0 spiro atoms. The number of hydrogen-bond donors (Lipinski definition) is 3. The van der Waals surface area contributed by atoms with E-state index in [0.717, 1.165) is 38.0 Å². The summed E-state index contributed by atoms with van der Waals surface area (Å²) in [5.74, 6) is 0.406. The number of amides is 1. The fourth-order valence-corrected chi connectivity index (χ4v) is 5.01. The summed E-state index contributed by atoms with van der Waals surface area (Å²) in [5, 5.41) is 11.1. The maximum atomic E-state index is 12.1. The van der Waals surface area contributed by atoms with Gasteiger partial charge in [0.15, 0.2) is 17.3 Å². The quantitative estimate of drug-likeness (QED) is 0.217. The number of nitrogens with zero attached hydrogens (tertiary/aromatic N) is 5. The highest BCUT2D eigenvalue weighted by molar-refractivity contribution is 7.17. The van der Waals surface area contributed by atoms with Crippen LogP contribution in [0.1, 0.15) is 37.9 Å². The first-order chi connectivity index (χ1) is 18.4. The van der Waals surface area contributed by atoms with Crippen LogP contribution < -0.4 is 5.32 Å². The van der Waals surface area contributed by atoms with E-state index < -0.39 is 0 Å². The number of H-pyrrole nitrogens is 2. The number of Topliss-reactive ketones (excluding diaryl/α,β-unsaturated/α-hetero) is 1. The van der Waals surface area contributed by atoms with Crippen molar-refractivity contribution in [2.45, 2.75) is 28.2 Å². The second-order valence-corrected chi connectivity index (χ2v) is 10.3. The Balaban J connectivity index is 0.00000308. The molecule has 6 rings (SSSR count). The molecule has 39 heavy (non-hydrogen) atoms. The summed E-state index contributed by atoms with van der Waals surface area (Å²) < 4.78 is 0. The zero-order valence-corrected chi connectivity index (χ0v) is 21.6. The molecule has 0 radical (unpaired) electrons. The van der Waals surface area contributed by atoms with Crippen LogP contribution in [0.5, 0.6) is 0 Å². The van der Waals surface area contributed by atoms with E-state index in [-0.39, 0.29) is 25.0 Å². The van der Waals surface area contributed by atoms with Crippen LogP contribution in [0.3, 0.4) is 0 Å². The maximum Gasteiger partial charge on any atom is 0.226 e. The monoisotopic (exact) mass is 538 g/mol. The molecule has 3 N–H and O–H groups in total. The molecule has 6 aromatic rings. The minimum Gasteiger partial charge on any atom is -0.335 e. The molecule has 0 saturated heterocycles. The molecule has 6 aromatic heterocycles. The van der Waals surface area contributed by atoms with Crippen LogP contribution in [-0.4, -0.2) is 46.8 Å². The van der Waals surface area contributed by atoms with E-state index in [4.69, 9.17) is 4.98 Å². The summed E-state index contributed by atoms with van der Waals surface area (Å²) in [6.45, 7) is 5.23. The third-order valence-corrected chi connectivity index (χ3v) is 7.34. The molecule has 11 heteroatoms. The summed E-state index contributed by atoms with van der Waals surface area (Å²) >= 11 is 1.42. The van der Waals surface area contributed by atoms with Gasteiger partial charge in [0.25, 0.3) is 0 Å². The standard InChI is InChI=1S/C27H22N8O2S.CH4/c1-13(2)27(37)31-17-6-15(8-28-10-17)16-7-18-24(34-35-25(18)30-9-16)26-32-20-12-29-11-19(23(20)33-26)22-5-4-21(38-22)14(3)36;/h4-13H,1-3H3,(H,31,37)(H,32,33)(H,30,34,35);1H4. The van der Waals surface area contributed by atoms with Gasteiger partial charge in [-0.25, -0.2) is 9.97 Å². The number of imidazole rings is 1. The number of ketones is 1. The van der Waals surface area contributed by atoms with Gasteiger partial charge in [0.05, 0.1) is 33.9 Å². The zero-order valence-electron chi connectivity index (χ0n) is 20.7. The summed E-state index contributed by atoms with van der Waals surface area (Å²) in [6, 6.07) is 7.57. The first kappa shape index (κ1) is 25.9. The highest BCUT2D eigenvalue weighted by Crippen LogP contribution is 2.35. The molecule has 6 heterocycles. The lowest BCUT2D eigenvalue weighted by molar-refractivity contribution is -0.118. The van der Waals surface area contributed by atoms with Crippen molar-refractivity contribution >= 4 is 50.8 Å². The van der Waals surface area contributed by atoms with Crippen molar-refractivity contribution in [3.63, 3.8) is 0 Å². The molecule has 196 valence electrons. The third kappa shape index (κ3) is 4.79. The number of carbonyl (C=O) groups excluding carboxylic acids is 2. The predicted molar refractivity (Wildman–Crippen MR) is 154 cm³/mol. The van der Waals surface area contributed by atoms with Gasteiger partial charge in [-0.05, 0) is 31.2 Å². The average molecular weight is 539 g/mol. The van der Waals surface area contributed by atoms with Gasteiger partial charge >= 0.3 is 0 Å². The lowest BCUT2D eigenvalue weighted by atomic mass is 10.1. The van der Waals surface area contributed by atoms with E-state index in [9.17, 15) is 9.59 Å². The van der Waals surface area contributed by atoms with Crippen LogP contribution in [-0.2, 0) is 4.79 Å². The summed E-state index contributed by atoms with van der Waals surface area (Å²) in [6.07, 6.45) is 8.54. The van der Waals surface area contributed by atoms with Crippen molar-refractivity contribution in [2.24, 2.45) is 5.92 Å². The average Bonchev–Trinajstić information content (AvgIpc) is 3.66. The van der Waals surface area contributed by atoms with Gasteiger partial charge < -0.3 is 10.3 Å². The number of thiophene rings is 1. The summed E-state index contributed by atoms with van der Waals surface area (Å²) in [5.41, 5.74) is 5.83. The molecule has 0 aliphatic heterocycles. The number of aromatic nitrogens is 7. The minimum atomic E-state index is -0.138. The Bertz CT molecular complexity index is 1850. The number of anilines is 1. The van der Waals surface area contributed by atoms with Crippen LogP contribution in [0.2, 0.25) is 0 Å². The molecule has 0 aliphatic carbocycles. The van der Waals surface area contributed by atoms with Crippen molar-refractivity contribution in [2.75, 3.05) is 5.32 Å². The Hall–Kier alpha value is -4.77. The molecular weight excluding hydrogens is 512 g/mol. The van der Waals surface area contributed by atoms with Crippen molar-refractivity contribution in [1.29, 1.82) is 0 Å². The maximum absolute atomic E-state index is 12.1. The van der Waals surface area contributed by atoms with Gasteiger partial charge in [0, 0.05) is 46.1 Å². The minimum absolute atomic E-state index is 0. The van der Waals surface area contributed by atoms with E-state index >= 15 is 0 Å². The van der Waals surface area contributed by atoms with Crippen molar-refractivity contribution in [3.05, 3.63) is 60.1 Å². The van der Waals surface area contributed by atoms with Crippen molar-refractivity contribution in [3.8, 4) is 33.1 Å². The lowest BCUT2D eigenvalue weighted by Gasteiger charge is -2.09. The van der Waals surface area contributed by atoms with Crippen LogP contribution in [0.25, 0.3) is 55.2 Å². The molecule has 0 unspecified atom stereocenters. The fourth-order valence-electron chi connectivity index (χ4n) is 4.09. The number of hydrogen-bond acceptors (Lipinski definition) is 8. The van der Waals surface area contributed by atoms with Gasteiger partial charge in [-0.15, -0.1) is 11.3 Å². The van der Waals surface area contributed by atoms with Gasteiger partial charge in [0.1, 0.15) is 11.2 Å². The van der Waals surface area contributed by atoms with E-state index in [0.29, 0.717) is 27.7 Å². The van der Waals surface area contributed by atoms with E-state index in [1.165, 1.54) is 11.3 Å². The predicted octanol–water partition coefficient (Wildman–Crippen LogP) is 6.12. The highest BCUT2D eigenvalue weighted by atomic mass is 32.1. The van der Waals surface area contributed by atoms with Crippen molar-refractivity contribution in [1.82, 2.24) is 35.1 Å². The number of carbonyl (C=O) groups is 2. The van der Waals surface area contributed by atoms with Crippen LogP contribution >= 0.6 is 11.3 Å². The smallest absolute Gasteiger partial charge is 0.226 e. The zero-order chi connectivity index (χ0) is 26.4. The van der Waals surface area contributed by atoms with Gasteiger partial charge in [-0.3, -0.25) is 24.7 Å². The second-order valence-electron chi connectivity index (χ2n) is 9.19. The number of pyridine rings is 3. The third-order valence-electron chi connectivity index (χ3n) is 6.12. The molecule has 0 atom stereocenters. The van der Waals surface area contributed by atoms with E-state index in [1.54, 1.807) is 37.9 Å². The molecule has 0 fully saturated rings. The topological polar surface area (TPSA) is 142 Å². The molecular formula is C28H26N8O2S. The fraction of sp³-hybridized carbons (Fsp3) is 0.179. The molecule has 1 amide bonds. The normalized spacial score (nSPS) is 11.2. The molecule has 0 saturated carbocycles. The molecule has 10 nitrogen and oxygen atoms in total. The molecule has 0 aromatic carbocycles. The Morgan fingerprint density at radius 3 is 2.56 bits per heavy atom. The Labute approximate surface area is 228 Å². The van der Waals surface area contributed by atoms with Crippen LogP contribution in [0, 0.1) is 5.92 Å². The van der Waals surface area contributed by atoms with E-state index in [2.05, 4.69) is 35.5 Å². The van der Waals surface area contributed by atoms with Gasteiger partial charge in [-0.2, -0.15) is 5.10 Å². The molecule has 0 aliphatic rings. The largest absolute Gasteiger partial charge is 0.335 e. The number of aromatic amines is 2. The van der Waals surface area contributed by atoms with Crippen molar-refractivity contribution < 1.29 is 9.59 Å². The highest BCUT2D eigenvalue weighted by Gasteiger charge is 2.18. The van der Waals surface area contributed by atoms with E-state index in [1.807, 2.05) is 38.1 Å². The first-order valence-corrected chi connectivity index (χ1v) is 12.7. The first-order valence-electron chi connectivity index (χ1n) is 11.9. The number of fused-ring (bicyclic) bond motifs is 2. The lowest BCUT2D eigenvalue weighted by Crippen LogP contribution is -2.17. The van der Waals surface area contributed by atoms with Crippen LogP contribution in [0.15, 0.2) is 55.2 Å². The van der Waals surface area contributed by atoms with Crippen LogP contribution in [0.4, 0.5) is 5.69 Å². The Morgan fingerprint density at radius 1 is 1.00 bits per heavy atom. The summed E-state index contributed by atoms with van der Waals surface area (Å²) in [7, 11) is 0. The molecule has 0 bridgehead atoms.